The molecule has 0 aromatic carbocycles. The predicted molar refractivity (Wildman–Crippen MR) is 64.7 cm³/mol. The molecule has 0 saturated heterocycles. The second-order valence-electron chi connectivity index (χ2n) is 5.05. The number of hydrogen-bond acceptors (Lipinski definition) is 2. The molecule has 0 aliphatic rings. The molecule has 0 aromatic heterocycles. The van der Waals surface area contributed by atoms with E-state index in [-0.39, 0.29) is 0 Å². The van der Waals surface area contributed by atoms with Crippen LogP contribution in [0.1, 0.15) is 47.5 Å². The first-order chi connectivity index (χ1) is 6.35. The monoisotopic (exact) mass is 200 g/mol. The number of hydrogen-bond donors (Lipinski definition) is 1. The third kappa shape index (κ3) is 3.97. The fourth-order valence-electron chi connectivity index (χ4n) is 1.63. The summed E-state index contributed by atoms with van der Waals surface area (Å²) in [6.07, 6.45) is 2.40. The third-order valence-electron chi connectivity index (χ3n) is 3.67. The van der Waals surface area contributed by atoms with E-state index in [1.54, 1.807) is 0 Å². The van der Waals surface area contributed by atoms with Crippen LogP contribution in [0.5, 0.6) is 0 Å². The van der Waals surface area contributed by atoms with Crippen LogP contribution in [0.3, 0.4) is 0 Å². The Hall–Kier alpha value is -0.0800. The molecular formula is C12H28N2. The van der Waals surface area contributed by atoms with Gasteiger partial charge in [0.25, 0.3) is 0 Å². The normalized spacial score (nSPS) is 17.1. The summed E-state index contributed by atoms with van der Waals surface area (Å²) < 4.78 is 0. The van der Waals surface area contributed by atoms with Gasteiger partial charge in [-0.2, -0.15) is 0 Å². The fraction of sp³-hybridized carbons (Fsp3) is 1.00. The highest BCUT2D eigenvalue weighted by Gasteiger charge is 2.25. The van der Waals surface area contributed by atoms with Gasteiger partial charge in [0.2, 0.25) is 0 Å². The quantitative estimate of drug-likeness (QED) is 0.708. The van der Waals surface area contributed by atoms with Gasteiger partial charge < -0.3 is 5.32 Å². The van der Waals surface area contributed by atoms with Crippen molar-refractivity contribution in [2.24, 2.45) is 0 Å². The summed E-state index contributed by atoms with van der Waals surface area (Å²) in [7, 11) is 4.26. The molecule has 0 aliphatic heterocycles. The van der Waals surface area contributed by atoms with Crippen LogP contribution in [-0.2, 0) is 0 Å². The minimum atomic E-state index is 0.312. The molecule has 0 bridgehead atoms. The third-order valence-corrected chi connectivity index (χ3v) is 3.67. The molecule has 0 saturated carbocycles. The van der Waals surface area contributed by atoms with E-state index in [4.69, 9.17) is 0 Å². The van der Waals surface area contributed by atoms with E-state index >= 15 is 0 Å². The first-order valence-electron chi connectivity index (χ1n) is 5.75. The Balaban J connectivity index is 4.17. The molecule has 86 valence electrons. The van der Waals surface area contributed by atoms with Gasteiger partial charge in [0, 0.05) is 17.6 Å². The largest absolute Gasteiger partial charge is 0.317 e. The van der Waals surface area contributed by atoms with E-state index in [1.165, 1.54) is 12.8 Å². The van der Waals surface area contributed by atoms with E-state index in [0.29, 0.717) is 17.6 Å². The molecule has 2 unspecified atom stereocenters. The van der Waals surface area contributed by atoms with Gasteiger partial charge >= 0.3 is 0 Å². The summed E-state index contributed by atoms with van der Waals surface area (Å²) in [5.41, 5.74) is 0.312. The Bertz CT molecular complexity index is 154. The standard InChI is InChI=1S/C12H28N2/c1-8-12(4,5)14(7)11(3)9-10(2)13-6/h10-11,13H,8-9H2,1-7H3. The van der Waals surface area contributed by atoms with Crippen LogP contribution in [0.2, 0.25) is 0 Å². The zero-order chi connectivity index (χ0) is 11.4. The predicted octanol–water partition coefficient (Wildman–Crippen LogP) is 2.49. The molecule has 0 amide bonds. The van der Waals surface area contributed by atoms with E-state index in [2.05, 4.69) is 51.9 Å². The van der Waals surface area contributed by atoms with Crippen molar-refractivity contribution in [2.45, 2.75) is 65.1 Å². The Morgan fingerprint density at radius 3 is 2.14 bits per heavy atom. The van der Waals surface area contributed by atoms with E-state index in [9.17, 15) is 0 Å². The highest BCUT2D eigenvalue weighted by Crippen LogP contribution is 2.20. The van der Waals surface area contributed by atoms with Crippen molar-refractivity contribution in [3.8, 4) is 0 Å². The summed E-state index contributed by atoms with van der Waals surface area (Å²) in [6, 6.07) is 1.23. The molecule has 2 nitrogen and oxygen atoms in total. The van der Waals surface area contributed by atoms with Gasteiger partial charge in [0.1, 0.15) is 0 Å². The minimum Gasteiger partial charge on any atom is -0.317 e. The van der Waals surface area contributed by atoms with Crippen LogP contribution < -0.4 is 5.32 Å². The maximum absolute atomic E-state index is 3.29. The van der Waals surface area contributed by atoms with Crippen molar-refractivity contribution in [3.63, 3.8) is 0 Å². The molecule has 14 heavy (non-hydrogen) atoms. The van der Waals surface area contributed by atoms with Crippen LogP contribution in [0.15, 0.2) is 0 Å². The van der Waals surface area contributed by atoms with Gasteiger partial charge in [0.15, 0.2) is 0 Å². The number of nitrogens with one attached hydrogen (secondary N) is 1. The molecule has 0 radical (unpaired) electrons. The van der Waals surface area contributed by atoms with Gasteiger partial charge in [-0.3, -0.25) is 4.90 Å². The van der Waals surface area contributed by atoms with Crippen molar-refractivity contribution in [1.82, 2.24) is 10.2 Å². The van der Waals surface area contributed by atoms with E-state index in [0.717, 1.165) is 0 Å². The summed E-state index contributed by atoms with van der Waals surface area (Å²) >= 11 is 0. The SMILES string of the molecule is CCC(C)(C)N(C)C(C)CC(C)NC. The number of rotatable bonds is 6. The average molecular weight is 200 g/mol. The summed E-state index contributed by atoms with van der Waals surface area (Å²) in [5.74, 6) is 0. The van der Waals surface area contributed by atoms with Crippen LogP contribution >= 0.6 is 0 Å². The van der Waals surface area contributed by atoms with Crippen LogP contribution in [0.25, 0.3) is 0 Å². The highest BCUT2D eigenvalue weighted by molar-refractivity contribution is 4.82. The lowest BCUT2D eigenvalue weighted by Crippen LogP contribution is -2.47. The number of nitrogens with zero attached hydrogens (tertiary/aromatic N) is 1. The average Bonchev–Trinajstić information content (AvgIpc) is 2.16. The molecule has 0 spiro atoms. The van der Waals surface area contributed by atoms with Gasteiger partial charge in [-0.1, -0.05) is 6.92 Å². The maximum Gasteiger partial charge on any atom is 0.0150 e. The molecule has 0 fully saturated rings. The van der Waals surface area contributed by atoms with Gasteiger partial charge in [0.05, 0.1) is 0 Å². The Kier molecular flexibility index (Phi) is 5.68. The molecular weight excluding hydrogens is 172 g/mol. The lowest BCUT2D eigenvalue weighted by molar-refractivity contribution is 0.0963. The fourth-order valence-corrected chi connectivity index (χ4v) is 1.63. The summed E-state index contributed by atoms with van der Waals surface area (Å²) in [6.45, 7) is 11.4. The Morgan fingerprint density at radius 2 is 1.79 bits per heavy atom. The summed E-state index contributed by atoms with van der Waals surface area (Å²) in [5, 5.41) is 3.29. The van der Waals surface area contributed by atoms with E-state index in [1.807, 2.05) is 7.05 Å². The summed E-state index contributed by atoms with van der Waals surface area (Å²) in [4.78, 5) is 2.49. The van der Waals surface area contributed by atoms with Crippen LogP contribution in [0.4, 0.5) is 0 Å². The topological polar surface area (TPSA) is 15.3 Å². The molecule has 2 atom stereocenters. The van der Waals surface area contributed by atoms with Gasteiger partial charge in [-0.15, -0.1) is 0 Å². The van der Waals surface area contributed by atoms with Gasteiger partial charge in [-0.25, -0.2) is 0 Å². The van der Waals surface area contributed by atoms with E-state index < -0.39 is 0 Å². The zero-order valence-corrected chi connectivity index (χ0v) is 11.0. The van der Waals surface area contributed by atoms with Crippen molar-refractivity contribution in [3.05, 3.63) is 0 Å². The Morgan fingerprint density at radius 1 is 1.29 bits per heavy atom. The lowest BCUT2D eigenvalue weighted by atomic mass is 9.96. The Labute approximate surface area is 90.1 Å². The zero-order valence-electron chi connectivity index (χ0n) is 11.0. The first kappa shape index (κ1) is 13.9. The molecule has 0 heterocycles. The minimum absolute atomic E-state index is 0.312. The van der Waals surface area contributed by atoms with Crippen molar-refractivity contribution in [1.29, 1.82) is 0 Å². The molecule has 0 aromatic rings. The van der Waals surface area contributed by atoms with Crippen LogP contribution in [0, 0.1) is 0 Å². The van der Waals surface area contributed by atoms with Crippen LogP contribution in [-0.4, -0.2) is 36.6 Å². The maximum atomic E-state index is 3.29. The smallest absolute Gasteiger partial charge is 0.0150 e. The second-order valence-corrected chi connectivity index (χ2v) is 5.05. The molecule has 2 heteroatoms. The molecule has 0 aliphatic carbocycles. The van der Waals surface area contributed by atoms with Crippen molar-refractivity contribution in [2.75, 3.05) is 14.1 Å². The van der Waals surface area contributed by atoms with Gasteiger partial charge in [-0.05, 0) is 54.6 Å². The second kappa shape index (κ2) is 5.72. The first-order valence-corrected chi connectivity index (χ1v) is 5.75. The molecule has 1 N–H and O–H groups in total. The van der Waals surface area contributed by atoms with Crippen molar-refractivity contribution < 1.29 is 0 Å². The molecule has 0 rings (SSSR count). The lowest BCUT2D eigenvalue weighted by Gasteiger charge is -2.40. The van der Waals surface area contributed by atoms with Crippen molar-refractivity contribution >= 4 is 0 Å². The highest BCUT2D eigenvalue weighted by atomic mass is 15.2.